The van der Waals surface area contributed by atoms with E-state index in [0.29, 0.717) is 6.54 Å². The van der Waals surface area contributed by atoms with Crippen molar-refractivity contribution in [2.24, 2.45) is 0 Å². The Labute approximate surface area is 105 Å². The Morgan fingerprint density at radius 3 is 2.89 bits per heavy atom. The maximum Gasteiger partial charge on any atom is 0.311 e. The van der Waals surface area contributed by atoms with Crippen LogP contribution in [0.2, 0.25) is 0 Å². The number of nitriles is 1. The third-order valence-corrected chi connectivity index (χ3v) is 2.28. The van der Waals surface area contributed by atoms with Gasteiger partial charge in [-0.15, -0.1) is 0 Å². The van der Waals surface area contributed by atoms with Gasteiger partial charge in [0, 0.05) is 12.6 Å². The second kappa shape index (κ2) is 6.57. The molecule has 96 valence electrons. The van der Waals surface area contributed by atoms with Crippen LogP contribution in [-0.2, 0) is 6.54 Å². The minimum atomic E-state index is -0.719. The molecular formula is C12H15N3O3. The fourth-order valence-corrected chi connectivity index (χ4v) is 1.40. The van der Waals surface area contributed by atoms with E-state index in [1.165, 1.54) is 19.1 Å². The van der Waals surface area contributed by atoms with Crippen LogP contribution in [0.4, 0.5) is 5.69 Å². The number of nitrogens with one attached hydrogen (secondary N) is 1. The molecule has 1 rings (SSSR count). The molecular weight excluding hydrogens is 234 g/mol. The van der Waals surface area contributed by atoms with Crippen molar-refractivity contribution >= 4 is 5.69 Å². The summed E-state index contributed by atoms with van der Waals surface area (Å²) in [6.07, 6.45) is -0.719. The number of hydrogen-bond donors (Lipinski definition) is 1. The minimum Gasteiger partial charge on any atom is -0.469 e. The van der Waals surface area contributed by atoms with Gasteiger partial charge in [-0.1, -0.05) is 13.0 Å². The summed E-state index contributed by atoms with van der Waals surface area (Å²) in [5, 5.41) is 22.7. The average Bonchev–Trinajstić information content (AvgIpc) is 2.37. The normalized spacial score (nSPS) is 11.6. The zero-order chi connectivity index (χ0) is 13.5. The summed E-state index contributed by atoms with van der Waals surface area (Å²) in [6.45, 7) is 4.85. The monoisotopic (exact) mass is 249 g/mol. The van der Waals surface area contributed by atoms with Gasteiger partial charge in [-0.25, -0.2) is 0 Å². The summed E-state index contributed by atoms with van der Waals surface area (Å²) in [6, 6.07) is 6.60. The van der Waals surface area contributed by atoms with E-state index >= 15 is 0 Å². The number of nitro groups is 1. The highest BCUT2D eigenvalue weighted by molar-refractivity contribution is 5.49. The van der Waals surface area contributed by atoms with Gasteiger partial charge in [-0.05, 0) is 25.1 Å². The molecule has 0 spiro atoms. The number of nitro benzene ring substituents is 1. The summed E-state index contributed by atoms with van der Waals surface area (Å²) in [5.74, 6) is 0.120. The topological polar surface area (TPSA) is 88.2 Å². The summed E-state index contributed by atoms with van der Waals surface area (Å²) in [5.41, 5.74) is 0.688. The Morgan fingerprint density at radius 1 is 1.61 bits per heavy atom. The van der Waals surface area contributed by atoms with Crippen LogP contribution < -0.4 is 10.1 Å². The van der Waals surface area contributed by atoms with Crippen LogP contribution in [0.5, 0.6) is 5.75 Å². The fourth-order valence-electron chi connectivity index (χ4n) is 1.40. The molecule has 0 aliphatic heterocycles. The highest BCUT2D eigenvalue weighted by Crippen LogP contribution is 2.28. The molecule has 1 aromatic carbocycles. The van der Waals surface area contributed by atoms with E-state index < -0.39 is 11.0 Å². The Morgan fingerprint density at radius 2 is 2.33 bits per heavy atom. The molecule has 18 heavy (non-hydrogen) atoms. The van der Waals surface area contributed by atoms with Crippen molar-refractivity contribution in [3.05, 3.63) is 33.9 Å². The van der Waals surface area contributed by atoms with Gasteiger partial charge in [0.15, 0.2) is 11.9 Å². The van der Waals surface area contributed by atoms with Crippen molar-refractivity contribution in [1.29, 1.82) is 5.26 Å². The van der Waals surface area contributed by atoms with Crippen molar-refractivity contribution in [1.82, 2.24) is 5.32 Å². The number of rotatable bonds is 6. The molecule has 0 radical (unpaired) electrons. The summed E-state index contributed by atoms with van der Waals surface area (Å²) in [4.78, 5) is 10.4. The first-order valence-corrected chi connectivity index (χ1v) is 5.62. The van der Waals surface area contributed by atoms with Crippen molar-refractivity contribution in [2.75, 3.05) is 6.54 Å². The van der Waals surface area contributed by atoms with Crippen molar-refractivity contribution in [3.63, 3.8) is 0 Å². The lowest BCUT2D eigenvalue weighted by molar-refractivity contribution is -0.386. The molecule has 1 unspecified atom stereocenters. The van der Waals surface area contributed by atoms with Crippen molar-refractivity contribution in [2.45, 2.75) is 26.5 Å². The second-order valence-corrected chi connectivity index (χ2v) is 3.73. The Hall–Kier alpha value is -2.13. The summed E-state index contributed by atoms with van der Waals surface area (Å²) >= 11 is 0. The Bertz CT molecular complexity index is 468. The third kappa shape index (κ3) is 3.71. The lowest BCUT2D eigenvalue weighted by atomic mass is 10.2. The molecule has 0 aliphatic rings. The summed E-state index contributed by atoms with van der Waals surface area (Å²) < 4.78 is 5.19. The third-order valence-electron chi connectivity index (χ3n) is 2.28. The quantitative estimate of drug-likeness (QED) is 0.615. The smallest absolute Gasteiger partial charge is 0.311 e. The van der Waals surface area contributed by atoms with Gasteiger partial charge >= 0.3 is 5.69 Å². The lowest BCUT2D eigenvalue weighted by Crippen LogP contribution is -2.13. The molecule has 0 bridgehead atoms. The average molecular weight is 249 g/mol. The molecule has 6 nitrogen and oxygen atoms in total. The number of nitrogens with zero attached hydrogens (tertiary/aromatic N) is 2. The van der Waals surface area contributed by atoms with Crippen molar-refractivity contribution in [3.8, 4) is 11.8 Å². The van der Waals surface area contributed by atoms with Gasteiger partial charge in [0.25, 0.3) is 0 Å². The second-order valence-electron chi connectivity index (χ2n) is 3.73. The lowest BCUT2D eigenvalue weighted by Gasteiger charge is -2.09. The van der Waals surface area contributed by atoms with Gasteiger partial charge in [0.1, 0.15) is 6.07 Å². The molecule has 0 heterocycles. The Balaban J connectivity index is 2.98. The van der Waals surface area contributed by atoms with Gasteiger partial charge in [0.05, 0.1) is 4.92 Å². The van der Waals surface area contributed by atoms with Crippen molar-refractivity contribution < 1.29 is 9.66 Å². The van der Waals surface area contributed by atoms with Crippen LogP contribution in [-0.4, -0.2) is 17.6 Å². The summed E-state index contributed by atoms with van der Waals surface area (Å²) in [7, 11) is 0. The minimum absolute atomic E-state index is 0.118. The predicted molar refractivity (Wildman–Crippen MR) is 66.2 cm³/mol. The zero-order valence-electron chi connectivity index (χ0n) is 10.3. The zero-order valence-corrected chi connectivity index (χ0v) is 10.3. The molecule has 1 atom stereocenters. The van der Waals surface area contributed by atoms with Gasteiger partial charge < -0.3 is 10.1 Å². The first-order chi connectivity index (χ1) is 8.58. The SMILES string of the molecule is CCNCc1ccc(OC(C)C#N)c([N+](=O)[O-])c1. The molecule has 0 fully saturated rings. The molecule has 0 amide bonds. The van der Waals surface area contributed by atoms with Gasteiger partial charge in [0.2, 0.25) is 0 Å². The number of ether oxygens (including phenoxy) is 1. The highest BCUT2D eigenvalue weighted by Gasteiger charge is 2.17. The van der Waals surface area contributed by atoms with Crippen LogP contribution >= 0.6 is 0 Å². The van der Waals surface area contributed by atoms with E-state index in [9.17, 15) is 10.1 Å². The molecule has 0 saturated carbocycles. The van der Waals surface area contributed by atoms with E-state index in [-0.39, 0.29) is 11.4 Å². The highest BCUT2D eigenvalue weighted by atomic mass is 16.6. The van der Waals surface area contributed by atoms with Crippen LogP contribution in [0, 0.1) is 21.4 Å². The van der Waals surface area contributed by atoms with Crippen LogP contribution in [0.15, 0.2) is 18.2 Å². The molecule has 0 aromatic heterocycles. The molecule has 0 saturated heterocycles. The molecule has 6 heteroatoms. The van der Waals surface area contributed by atoms with E-state index in [2.05, 4.69) is 5.32 Å². The number of hydrogen-bond acceptors (Lipinski definition) is 5. The maximum absolute atomic E-state index is 10.9. The largest absolute Gasteiger partial charge is 0.469 e. The van der Waals surface area contributed by atoms with E-state index in [1.54, 1.807) is 6.07 Å². The van der Waals surface area contributed by atoms with Gasteiger partial charge in [-0.3, -0.25) is 10.1 Å². The van der Waals surface area contributed by atoms with E-state index in [4.69, 9.17) is 10.00 Å². The number of benzene rings is 1. The first-order valence-electron chi connectivity index (χ1n) is 5.62. The molecule has 1 N–H and O–H groups in total. The Kier molecular flexibility index (Phi) is 5.08. The first kappa shape index (κ1) is 13.9. The molecule has 0 aliphatic carbocycles. The fraction of sp³-hybridized carbons (Fsp3) is 0.417. The van der Waals surface area contributed by atoms with Crippen LogP contribution in [0.25, 0.3) is 0 Å². The van der Waals surface area contributed by atoms with Crippen LogP contribution in [0.3, 0.4) is 0 Å². The van der Waals surface area contributed by atoms with E-state index in [0.717, 1.165) is 12.1 Å². The van der Waals surface area contributed by atoms with Crippen LogP contribution in [0.1, 0.15) is 19.4 Å². The standard InChI is InChI=1S/C12H15N3O3/c1-3-14-8-10-4-5-12(18-9(2)7-13)11(6-10)15(16)17/h4-6,9,14H,3,8H2,1-2H3. The van der Waals surface area contributed by atoms with Gasteiger partial charge in [-0.2, -0.15) is 5.26 Å². The predicted octanol–water partition coefficient (Wildman–Crippen LogP) is 2.00. The molecule has 1 aromatic rings. The maximum atomic E-state index is 10.9. The van der Waals surface area contributed by atoms with E-state index in [1.807, 2.05) is 13.0 Å².